The predicted molar refractivity (Wildman–Crippen MR) is 79.0 cm³/mol. The van der Waals surface area contributed by atoms with Gasteiger partial charge in [-0.2, -0.15) is 0 Å². The van der Waals surface area contributed by atoms with Crippen molar-refractivity contribution in [2.24, 2.45) is 11.7 Å². The van der Waals surface area contributed by atoms with Gasteiger partial charge in [0.25, 0.3) is 0 Å². The lowest BCUT2D eigenvalue weighted by Crippen LogP contribution is -2.38. The van der Waals surface area contributed by atoms with Gasteiger partial charge in [-0.1, -0.05) is 43.2 Å². The molecule has 0 aromatic heterocycles. The van der Waals surface area contributed by atoms with Gasteiger partial charge < -0.3 is 16.2 Å². The summed E-state index contributed by atoms with van der Waals surface area (Å²) in [5.74, 6) is 0.278. The number of aliphatic hydroxyl groups excluding tert-OH is 1. The Hall–Kier alpha value is -1.39. The van der Waals surface area contributed by atoms with Crippen molar-refractivity contribution >= 4 is 5.91 Å². The monoisotopic (exact) mass is 276 g/mol. The quantitative estimate of drug-likeness (QED) is 0.767. The summed E-state index contributed by atoms with van der Waals surface area (Å²) in [5.41, 5.74) is 6.87. The number of hydrogen-bond acceptors (Lipinski definition) is 3. The minimum absolute atomic E-state index is 0.0117. The third-order valence-corrected chi connectivity index (χ3v) is 4.09. The van der Waals surface area contributed by atoms with Crippen LogP contribution in [-0.4, -0.2) is 23.6 Å². The molecular formula is C16H24N2O2. The standard InChI is InChI=1S/C16H24N2O2/c17-14-9-5-4-8-13(14)10-16(20)18-11-15(19)12-6-2-1-3-7-12/h1-3,6-7,13-15,19H,4-5,8-11,17H2,(H,18,20). The highest BCUT2D eigenvalue weighted by Crippen LogP contribution is 2.25. The van der Waals surface area contributed by atoms with E-state index in [0.29, 0.717) is 6.42 Å². The summed E-state index contributed by atoms with van der Waals surface area (Å²) in [4.78, 5) is 11.9. The maximum absolute atomic E-state index is 11.9. The molecule has 1 amide bonds. The molecule has 1 aromatic rings. The van der Waals surface area contributed by atoms with E-state index in [1.807, 2.05) is 30.3 Å². The Bertz CT molecular complexity index is 422. The largest absolute Gasteiger partial charge is 0.387 e. The molecule has 1 fully saturated rings. The molecule has 0 radical (unpaired) electrons. The molecule has 0 spiro atoms. The van der Waals surface area contributed by atoms with Crippen molar-refractivity contribution in [2.75, 3.05) is 6.54 Å². The smallest absolute Gasteiger partial charge is 0.220 e. The second kappa shape index (κ2) is 7.41. The molecule has 3 unspecified atom stereocenters. The van der Waals surface area contributed by atoms with Crippen molar-refractivity contribution in [1.82, 2.24) is 5.32 Å². The van der Waals surface area contributed by atoms with Crippen LogP contribution in [0.15, 0.2) is 30.3 Å². The van der Waals surface area contributed by atoms with E-state index in [-0.39, 0.29) is 24.4 Å². The number of rotatable bonds is 5. The zero-order chi connectivity index (χ0) is 14.4. The maximum atomic E-state index is 11.9. The Labute approximate surface area is 120 Å². The SMILES string of the molecule is NC1CCCCC1CC(=O)NCC(O)c1ccccc1. The van der Waals surface area contributed by atoms with Crippen molar-refractivity contribution in [3.8, 4) is 0 Å². The Morgan fingerprint density at radius 3 is 2.70 bits per heavy atom. The van der Waals surface area contributed by atoms with Crippen LogP contribution in [0.25, 0.3) is 0 Å². The van der Waals surface area contributed by atoms with Crippen LogP contribution in [0.1, 0.15) is 43.8 Å². The highest BCUT2D eigenvalue weighted by atomic mass is 16.3. The fraction of sp³-hybridized carbons (Fsp3) is 0.562. The first kappa shape index (κ1) is 15.0. The van der Waals surface area contributed by atoms with Crippen molar-refractivity contribution in [3.63, 3.8) is 0 Å². The minimum Gasteiger partial charge on any atom is -0.387 e. The van der Waals surface area contributed by atoms with Crippen LogP contribution in [0, 0.1) is 5.92 Å². The summed E-state index contributed by atoms with van der Waals surface area (Å²) in [6, 6.07) is 9.51. The van der Waals surface area contributed by atoms with Crippen LogP contribution in [0.2, 0.25) is 0 Å². The van der Waals surface area contributed by atoms with E-state index < -0.39 is 6.10 Å². The Morgan fingerprint density at radius 2 is 2.00 bits per heavy atom. The third kappa shape index (κ3) is 4.32. The third-order valence-electron chi connectivity index (χ3n) is 4.09. The van der Waals surface area contributed by atoms with Gasteiger partial charge in [-0.25, -0.2) is 0 Å². The molecule has 1 saturated carbocycles. The van der Waals surface area contributed by atoms with Gasteiger partial charge in [-0.3, -0.25) is 4.79 Å². The van der Waals surface area contributed by atoms with Gasteiger partial charge >= 0.3 is 0 Å². The van der Waals surface area contributed by atoms with Crippen molar-refractivity contribution in [2.45, 2.75) is 44.2 Å². The zero-order valence-electron chi connectivity index (χ0n) is 11.8. The topological polar surface area (TPSA) is 75.4 Å². The second-order valence-electron chi connectivity index (χ2n) is 5.64. The first-order valence-corrected chi connectivity index (χ1v) is 7.42. The van der Waals surface area contributed by atoms with E-state index >= 15 is 0 Å². The molecule has 1 aliphatic carbocycles. The molecule has 3 atom stereocenters. The fourth-order valence-corrected chi connectivity index (χ4v) is 2.80. The normalized spacial score (nSPS) is 24.1. The van der Waals surface area contributed by atoms with Crippen LogP contribution in [0.4, 0.5) is 0 Å². The summed E-state index contributed by atoms with van der Waals surface area (Å²) in [6.07, 6.45) is 4.22. The summed E-state index contributed by atoms with van der Waals surface area (Å²) < 4.78 is 0. The molecule has 20 heavy (non-hydrogen) atoms. The average Bonchev–Trinajstić information content (AvgIpc) is 2.48. The molecule has 1 aliphatic rings. The summed E-state index contributed by atoms with van der Waals surface area (Å²) in [5, 5.41) is 12.8. The molecule has 4 heteroatoms. The van der Waals surface area contributed by atoms with Crippen LogP contribution in [0.5, 0.6) is 0 Å². The van der Waals surface area contributed by atoms with E-state index in [0.717, 1.165) is 24.8 Å². The first-order chi connectivity index (χ1) is 9.66. The molecule has 0 aliphatic heterocycles. The van der Waals surface area contributed by atoms with Gasteiger partial charge in [0.2, 0.25) is 5.91 Å². The predicted octanol–water partition coefficient (Wildman–Crippen LogP) is 1.74. The second-order valence-corrected chi connectivity index (χ2v) is 5.64. The van der Waals surface area contributed by atoms with E-state index in [1.165, 1.54) is 6.42 Å². The van der Waals surface area contributed by atoms with E-state index in [4.69, 9.17) is 5.73 Å². The lowest BCUT2D eigenvalue weighted by Gasteiger charge is -2.28. The van der Waals surface area contributed by atoms with Gasteiger partial charge in [0.05, 0.1) is 6.10 Å². The van der Waals surface area contributed by atoms with Crippen LogP contribution in [-0.2, 0) is 4.79 Å². The van der Waals surface area contributed by atoms with E-state index in [2.05, 4.69) is 5.32 Å². The fourth-order valence-electron chi connectivity index (χ4n) is 2.80. The molecule has 110 valence electrons. The van der Waals surface area contributed by atoms with Gasteiger partial charge in [-0.05, 0) is 24.3 Å². The maximum Gasteiger partial charge on any atom is 0.220 e. The molecule has 2 rings (SSSR count). The summed E-state index contributed by atoms with van der Waals surface area (Å²) in [6.45, 7) is 0.255. The number of amides is 1. The highest BCUT2D eigenvalue weighted by molar-refractivity contribution is 5.76. The molecule has 4 N–H and O–H groups in total. The van der Waals surface area contributed by atoms with Gasteiger partial charge in [0.15, 0.2) is 0 Å². The summed E-state index contributed by atoms with van der Waals surface area (Å²) in [7, 11) is 0. The number of benzene rings is 1. The number of hydrogen-bond donors (Lipinski definition) is 3. The van der Waals surface area contributed by atoms with E-state index in [9.17, 15) is 9.90 Å². The first-order valence-electron chi connectivity index (χ1n) is 7.42. The van der Waals surface area contributed by atoms with Crippen molar-refractivity contribution in [1.29, 1.82) is 0 Å². The molecule has 4 nitrogen and oxygen atoms in total. The van der Waals surface area contributed by atoms with Gasteiger partial charge in [0.1, 0.15) is 0 Å². The number of nitrogens with one attached hydrogen (secondary N) is 1. The molecule has 1 aromatic carbocycles. The van der Waals surface area contributed by atoms with E-state index in [1.54, 1.807) is 0 Å². The number of nitrogens with two attached hydrogens (primary N) is 1. The average molecular weight is 276 g/mol. The lowest BCUT2D eigenvalue weighted by atomic mass is 9.83. The van der Waals surface area contributed by atoms with Gasteiger partial charge in [0, 0.05) is 19.0 Å². The van der Waals surface area contributed by atoms with Gasteiger partial charge in [-0.15, -0.1) is 0 Å². The molecule has 0 saturated heterocycles. The number of carbonyl (C=O) groups is 1. The van der Waals surface area contributed by atoms with Crippen molar-refractivity contribution in [3.05, 3.63) is 35.9 Å². The lowest BCUT2D eigenvalue weighted by molar-refractivity contribution is -0.122. The minimum atomic E-state index is -0.653. The Kier molecular flexibility index (Phi) is 5.56. The Balaban J connectivity index is 1.74. The Morgan fingerprint density at radius 1 is 1.30 bits per heavy atom. The zero-order valence-corrected chi connectivity index (χ0v) is 11.8. The molecule has 0 heterocycles. The van der Waals surface area contributed by atoms with Crippen LogP contribution >= 0.6 is 0 Å². The molecule has 0 bridgehead atoms. The van der Waals surface area contributed by atoms with Crippen LogP contribution in [0.3, 0.4) is 0 Å². The number of carbonyl (C=O) groups excluding carboxylic acids is 1. The number of aliphatic hydroxyl groups is 1. The summed E-state index contributed by atoms with van der Waals surface area (Å²) >= 11 is 0. The van der Waals surface area contributed by atoms with Crippen LogP contribution < -0.4 is 11.1 Å². The molecular weight excluding hydrogens is 252 g/mol. The van der Waals surface area contributed by atoms with Crippen molar-refractivity contribution < 1.29 is 9.90 Å². The highest BCUT2D eigenvalue weighted by Gasteiger charge is 2.24.